The van der Waals surface area contributed by atoms with Gasteiger partial charge in [0.2, 0.25) is 6.04 Å². The van der Waals surface area contributed by atoms with E-state index in [0.717, 1.165) is 0 Å². The molecule has 0 amide bonds. The summed E-state index contributed by atoms with van der Waals surface area (Å²) in [5.74, 6) is -1.62. The summed E-state index contributed by atoms with van der Waals surface area (Å²) in [7, 11) is 0. The van der Waals surface area contributed by atoms with Gasteiger partial charge >= 0.3 is 11.9 Å². The number of nitrogens with zero attached hydrogens (tertiary/aromatic N) is 2. The lowest BCUT2D eigenvalue weighted by Crippen LogP contribution is -2.28. The molecule has 0 saturated heterocycles. The second-order valence-electron chi connectivity index (χ2n) is 4.25. The summed E-state index contributed by atoms with van der Waals surface area (Å²) in [4.78, 5) is 34.4. The first kappa shape index (κ1) is 17.5. The molecule has 1 rings (SSSR count). The largest absolute Gasteiger partial charge is 0.464 e. The molecular weight excluding hydrogens is 288 g/mol. The topological polar surface area (TPSA) is 94.4 Å². The molecule has 118 valence electrons. The standard InChI is InChI=1S/C15H18N2O5/c1-4-21-14(19)11-6-8-12(9-7-11)16-17-13(10(3)18)15(20)22-5-2/h6-9,13H,4-5H2,1-3H3. The van der Waals surface area contributed by atoms with Gasteiger partial charge in [-0.05, 0) is 45.0 Å². The van der Waals surface area contributed by atoms with Crippen molar-refractivity contribution in [3.05, 3.63) is 29.8 Å². The van der Waals surface area contributed by atoms with Crippen molar-refractivity contribution in [1.29, 1.82) is 0 Å². The average molecular weight is 306 g/mol. The van der Waals surface area contributed by atoms with Crippen LogP contribution >= 0.6 is 0 Å². The van der Waals surface area contributed by atoms with Gasteiger partial charge in [0.25, 0.3) is 0 Å². The molecule has 0 fully saturated rings. The number of Topliss-reactive ketones (excluding diaryl/α,β-unsaturated/α-hetero) is 1. The smallest absolute Gasteiger partial charge is 0.340 e. The molecule has 0 N–H and O–H groups in total. The highest BCUT2D eigenvalue weighted by Crippen LogP contribution is 2.15. The molecular formula is C15H18N2O5. The van der Waals surface area contributed by atoms with E-state index in [-0.39, 0.29) is 6.61 Å². The highest BCUT2D eigenvalue weighted by Gasteiger charge is 2.24. The predicted octanol–water partition coefficient (Wildman–Crippen LogP) is 2.47. The third-order valence-electron chi connectivity index (χ3n) is 2.56. The molecule has 0 heterocycles. The van der Waals surface area contributed by atoms with Gasteiger partial charge in [0.05, 0.1) is 24.5 Å². The van der Waals surface area contributed by atoms with Crippen molar-refractivity contribution in [2.24, 2.45) is 10.2 Å². The fourth-order valence-electron chi connectivity index (χ4n) is 1.52. The van der Waals surface area contributed by atoms with E-state index in [4.69, 9.17) is 9.47 Å². The second kappa shape index (κ2) is 8.66. The van der Waals surface area contributed by atoms with E-state index in [1.807, 2.05) is 0 Å². The lowest BCUT2D eigenvalue weighted by Gasteiger charge is -2.06. The van der Waals surface area contributed by atoms with E-state index in [2.05, 4.69) is 10.2 Å². The van der Waals surface area contributed by atoms with Gasteiger partial charge in [0.15, 0.2) is 5.78 Å². The van der Waals surface area contributed by atoms with Gasteiger partial charge in [-0.2, -0.15) is 10.2 Å². The molecule has 22 heavy (non-hydrogen) atoms. The van der Waals surface area contributed by atoms with Gasteiger partial charge in [-0.15, -0.1) is 0 Å². The minimum Gasteiger partial charge on any atom is -0.464 e. The van der Waals surface area contributed by atoms with E-state index in [1.165, 1.54) is 31.2 Å². The second-order valence-corrected chi connectivity index (χ2v) is 4.25. The zero-order chi connectivity index (χ0) is 16.5. The zero-order valence-corrected chi connectivity index (χ0v) is 12.7. The third kappa shape index (κ3) is 5.08. The van der Waals surface area contributed by atoms with Crippen LogP contribution in [0, 0.1) is 0 Å². The van der Waals surface area contributed by atoms with Crippen LogP contribution in [0.5, 0.6) is 0 Å². The number of rotatable bonds is 7. The first-order chi connectivity index (χ1) is 10.5. The highest BCUT2D eigenvalue weighted by atomic mass is 16.5. The summed E-state index contributed by atoms with van der Waals surface area (Å²) in [6, 6.07) is 4.86. The molecule has 0 spiro atoms. The van der Waals surface area contributed by atoms with Crippen molar-refractivity contribution in [2.45, 2.75) is 26.8 Å². The predicted molar refractivity (Wildman–Crippen MR) is 78.0 cm³/mol. The zero-order valence-electron chi connectivity index (χ0n) is 12.7. The molecule has 0 aliphatic rings. The van der Waals surface area contributed by atoms with Crippen LogP contribution in [0.1, 0.15) is 31.1 Å². The van der Waals surface area contributed by atoms with Crippen LogP contribution in [0.15, 0.2) is 34.5 Å². The molecule has 1 atom stereocenters. The molecule has 0 aliphatic carbocycles. The molecule has 0 bridgehead atoms. The normalized spacial score (nSPS) is 12.0. The molecule has 1 unspecified atom stereocenters. The molecule has 1 aromatic carbocycles. The maximum Gasteiger partial charge on any atom is 0.340 e. The van der Waals surface area contributed by atoms with Crippen molar-refractivity contribution >= 4 is 23.4 Å². The Labute approximate surface area is 128 Å². The van der Waals surface area contributed by atoms with E-state index < -0.39 is 23.8 Å². The van der Waals surface area contributed by atoms with E-state index >= 15 is 0 Å². The van der Waals surface area contributed by atoms with Crippen LogP contribution in [-0.2, 0) is 19.1 Å². The first-order valence-electron chi connectivity index (χ1n) is 6.84. The summed E-state index contributed by atoms with van der Waals surface area (Å²) >= 11 is 0. The number of ketones is 1. The molecule has 0 aliphatic heterocycles. The molecule has 7 heteroatoms. The van der Waals surface area contributed by atoms with Gasteiger partial charge in [-0.25, -0.2) is 9.59 Å². The number of ether oxygens (including phenoxy) is 2. The van der Waals surface area contributed by atoms with Crippen LogP contribution in [0.4, 0.5) is 5.69 Å². The Morgan fingerprint density at radius 3 is 2.14 bits per heavy atom. The van der Waals surface area contributed by atoms with E-state index in [1.54, 1.807) is 13.8 Å². The number of carbonyl (C=O) groups excluding carboxylic acids is 3. The van der Waals surface area contributed by atoms with Crippen LogP contribution in [0.3, 0.4) is 0 Å². The molecule has 1 aromatic rings. The summed E-state index contributed by atoms with van der Waals surface area (Å²) in [5, 5.41) is 7.54. The third-order valence-corrected chi connectivity index (χ3v) is 2.56. The fraction of sp³-hybridized carbons (Fsp3) is 0.400. The van der Waals surface area contributed by atoms with E-state index in [0.29, 0.717) is 17.9 Å². The van der Waals surface area contributed by atoms with Crippen molar-refractivity contribution in [3.63, 3.8) is 0 Å². The number of azo groups is 1. The Balaban J connectivity index is 2.81. The highest BCUT2D eigenvalue weighted by molar-refractivity contribution is 6.02. The molecule has 0 aromatic heterocycles. The molecule has 0 radical (unpaired) electrons. The average Bonchev–Trinajstić information content (AvgIpc) is 2.48. The van der Waals surface area contributed by atoms with Crippen LogP contribution in [-0.4, -0.2) is 37.0 Å². The Hall–Kier alpha value is -2.57. The van der Waals surface area contributed by atoms with Gasteiger partial charge in [0, 0.05) is 0 Å². The quantitative estimate of drug-likeness (QED) is 0.438. The first-order valence-corrected chi connectivity index (χ1v) is 6.84. The van der Waals surface area contributed by atoms with Crippen molar-refractivity contribution in [1.82, 2.24) is 0 Å². The summed E-state index contributed by atoms with van der Waals surface area (Å²) in [6.07, 6.45) is 0. The fourth-order valence-corrected chi connectivity index (χ4v) is 1.52. The Kier molecular flexibility index (Phi) is 6.88. The lowest BCUT2D eigenvalue weighted by molar-refractivity contribution is -0.147. The van der Waals surface area contributed by atoms with Crippen LogP contribution in [0.25, 0.3) is 0 Å². The van der Waals surface area contributed by atoms with Crippen molar-refractivity contribution in [3.8, 4) is 0 Å². The van der Waals surface area contributed by atoms with Gasteiger partial charge in [0.1, 0.15) is 0 Å². The summed E-state index contributed by atoms with van der Waals surface area (Å²) in [6.45, 7) is 5.05. The number of hydrogen-bond donors (Lipinski definition) is 0. The number of hydrogen-bond acceptors (Lipinski definition) is 7. The Bertz CT molecular complexity index is 566. The maximum atomic E-state index is 11.6. The lowest BCUT2D eigenvalue weighted by atomic mass is 10.2. The maximum absolute atomic E-state index is 11.6. The van der Waals surface area contributed by atoms with Crippen molar-refractivity contribution < 1.29 is 23.9 Å². The van der Waals surface area contributed by atoms with Gasteiger partial charge in [-0.3, -0.25) is 4.79 Å². The monoisotopic (exact) mass is 306 g/mol. The Morgan fingerprint density at radius 2 is 1.64 bits per heavy atom. The van der Waals surface area contributed by atoms with Gasteiger partial charge < -0.3 is 9.47 Å². The SMILES string of the molecule is CCOC(=O)c1ccc(N=NC(C(C)=O)C(=O)OCC)cc1. The minimum atomic E-state index is -1.27. The van der Waals surface area contributed by atoms with Gasteiger partial charge in [-0.1, -0.05) is 0 Å². The van der Waals surface area contributed by atoms with Crippen LogP contribution < -0.4 is 0 Å². The van der Waals surface area contributed by atoms with E-state index in [9.17, 15) is 14.4 Å². The number of esters is 2. The number of benzene rings is 1. The number of carbonyl (C=O) groups is 3. The van der Waals surface area contributed by atoms with Crippen LogP contribution in [0.2, 0.25) is 0 Å². The van der Waals surface area contributed by atoms with Crippen molar-refractivity contribution in [2.75, 3.05) is 13.2 Å². The summed E-state index contributed by atoms with van der Waals surface area (Å²) in [5.41, 5.74) is 0.790. The summed E-state index contributed by atoms with van der Waals surface area (Å²) < 4.78 is 9.61. The Morgan fingerprint density at radius 1 is 1.05 bits per heavy atom. The molecule has 0 saturated carbocycles. The molecule has 7 nitrogen and oxygen atoms in total. The minimum absolute atomic E-state index is 0.159.